The van der Waals surface area contributed by atoms with E-state index in [9.17, 15) is 20.0 Å². The maximum Gasteiger partial charge on any atom is 0.338 e. The summed E-state index contributed by atoms with van der Waals surface area (Å²) in [6.45, 7) is 0. The second kappa shape index (κ2) is 8.84. The van der Waals surface area contributed by atoms with Crippen LogP contribution >= 0.6 is 34.2 Å². The Balaban J connectivity index is 2.25. The van der Waals surface area contributed by atoms with Gasteiger partial charge < -0.3 is 15.3 Å². The molecule has 0 saturated heterocycles. The maximum absolute atomic E-state index is 15.6. The van der Waals surface area contributed by atoms with Crippen LogP contribution in [0.25, 0.3) is 0 Å². The molecule has 0 fully saturated rings. The average Bonchev–Trinajstić information content (AvgIpc) is 2.70. The summed E-state index contributed by atoms with van der Waals surface area (Å²) in [4.78, 5) is 23.9. The molecule has 0 saturated carbocycles. The van der Waals surface area contributed by atoms with Crippen LogP contribution in [-0.4, -0.2) is 23.0 Å². The highest BCUT2D eigenvalue weighted by Crippen LogP contribution is 2.42. The van der Waals surface area contributed by atoms with Gasteiger partial charge in [0.2, 0.25) is 0 Å². The van der Waals surface area contributed by atoms with Crippen molar-refractivity contribution in [2.45, 2.75) is 0 Å². The van der Waals surface area contributed by atoms with Crippen LogP contribution in [0, 0.1) is 19.5 Å². The van der Waals surface area contributed by atoms with Crippen molar-refractivity contribution >= 4 is 68.6 Å². The number of carboxylic acid groups (broad SMARTS) is 1. The van der Waals surface area contributed by atoms with Crippen molar-refractivity contribution in [2.75, 3.05) is 17.3 Å². The van der Waals surface area contributed by atoms with Gasteiger partial charge in [-0.3, -0.25) is 10.1 Å². The van der Waals surface area contributed by atoms with Crippen molar-refractivity contribution in [2.24, 2.45) is 0 Å². The Morgan fingerprint density at radius 3 is 2.47 bits per heavy atom. The Hall–Kier alpha value is -2.92. The Morgan fingerprint density at radius 1 is 1.23 bits per heavy atom. The number of para-hydroxylation sites is 1. The predicted molar refractivity (Wildman–Crippen MR) is 122 cm³/mol. The first-order chi connectivity index (χ1) is 14.2. The van der Waals surface area contributed by atoms with Gasteiger partial charge in [-0.2, -0.15) is 0 Å². The molecule has 10 heteroatoms. The molecule has 7 nitrogen and oxygen atoms in total. The number of hydrogen-bond acceptors (Lipinski definition) is 5. The molecule has 0 amide bonds. The van der Waals surface area contributed by atoms with Gasteiger partial charge in [0.15, 0.2) is 11.5 Å². The summed E-state index contributed by atoms with van der Waals surface area (Å²) < 4.78 is 16.5. The van der Waals surface area contributed by atoms with E-state index in [4.69, 9.17) is 11.6 Å². The lowest BCUT2D eigenvalue weighted by Gasteiger charge is -2.22. The maximum atomic E-state index is 15.6. The summed E-state index contributed by atoms with van der Waals surface area (Å²) in [5.74, 6) is -2.60. The number of nitro benzene ring substituents is 1. The van der Waals surface area contributed by atoms with E-state index in [-0.39, 0.29) is 16.4 Å². The quantitative estimate of drug-likeness (QED) is 0.219. The van der Waals surface area contributed by atoms with Crippen LogP contribution in [0.15, 0.2) is 54.6 Å². The molecule has 154 valence electrons. The van der Waals surface area contributed by atoms with Gasteiger partial charge in [0.1, 0.15) is 0 Å². The highest BCUT2D eigenvalue weighted by Gasteiger charge is 2.31. The first-order valence-corrected chi connectivity index (χ1v) is 9.91. The van der Waals surface area contributed by atoms with Gasteiger partial charge in [-0.1, -0.05) is 29.8 Å². The first kappa shape index (κ1) is 21.8. The molecule has 0 aliphatic rings. The fourth-order valence-electron chi connectivity index (χ4n) is 2.88. The van der Waals surface area contributed by atoms with Crippen LogP contribution in [0.4, 0.5) is 32.8 Å². The SMILES string of the molecule is CN(c1ccccc1)c1c([N+](=O)[O-])cc(C(=O)O)c(Nc2ccc(I)cc2Cl)c1F. The predicted octanol–water partition coefficient (Wildman–Crippen LogP) is 6.20. The highest BCUT2D eigenvalue weighted by molar-refractivity contribution is 14.1. The number of halogens is 3. The van der Waals surface area contributed by atoms with E-state index in [0.717, 1.165) is 9.64 Å². The number of anilines is 4. The third kappa shape index (κ3) is 4.31. The van der Waals surface area contributed by atoms with Crippen molar-refractivity contribution in [1.29, 1.82) is 0 Å². The lowest BCUT2D eigenvalue weighted by atomic mass is 10.1. The van der Waals surface area contributed by atoms with Crippen LogP contribution in [0.1, 0.15) is 10.4 Å². The molecule has 30 heavy (non-hydrogen) atoms. The third-order valence-electron chi connectivity index (χ3n) is 4.32. The van der Waals surface area contributed by atoms with Crippen LogP contribution in [0.2, 0.25) is 5.02 Å². The average molecular weight is 542 g/mol. The van der Waals surface area contributed by atoms with E-state index >= 15 is 4.39 Å². The van der Waals surface area contributed by atoms with Crippen LogP contribution < -0.4 is 10.2 Å². The van der Waals surface area contributed by atoms with Crippen molar-refractivity contribution in [3.05, 3.63) is 84.7 Å². The lowest BCUT2D eigenvalue weighted by molar-refractivity contribution is -0.384. The molecule has 0 bridgehead atoms. The van der Waals surface area contributed by atoms with Crippen molar-refractivity contribution in [1.82, 2.24) is 0 Å². The first-order valence-electron chi connectivity index (χ1n) is 8.45. The molecule has 0 heterocycles. The number of nitro groups is 1. The number of benzene rings is 3. The molecule has 0 spiro atoms. The lowest BCUT2D eigenvalue weighted by Crippen LogP contribution is -2.16. The minimum atomic E-state index is -1.52. The zero-order chi connectivity index (χ0) is 22.0. The summed E-state index contributed by atoms with van der Waals surface area (Å²) in [5.41, 5.74) is -1.30. The van der Waals surface area contributed by atoms with Gasteiger partial charge in [-0.15, -0.1) is 0 Å². The molecule has 0 atom stereocenters. The normalized spacial score (nSPS) is 10.5. The Morgan fingerprint density at radius 2 is 1.90 bits per heavy atom. The third-order valence-corrected chi connectivity index (χ3v) is 5.30. The highest BCUT2D eigenvalue weighted by atomic mass is 127. The molecular weight excluding hydrogens is 528 g/mol. The molecule has 3 rings (SSSR count). The molecule has 0 unspecified atom stereocenters. The molecular formula is C20H14ClFIN3O4. The van der Waals surface area contributed by atoms with Gasteiger partial charge >= 0.3 is 5.97 Å². The van der Waals surface area contributed by atoms with E-state index in [2.05, 4.69) is 5.32 Å². The zero-order valence-electron chi connectivity index (χ0n) is 15.4. The van der Waals surface area contributed by atoms with Gasteiger partial charge in [-0.05, 0) is 52.9 Å². The molecule has 0 aliphatic carbocycles. The Labute approximate surface area is 189 Å². The number of carbonyl (C=O) groups is 1. The summed E-state index contributed by atoms with van der Waals surface area (Å²) in [6, 6.07) is 14.2. The fourth-order valence-corrected chi connectivity index (χ4v) is 3.78. The molecule has 3 aromatic carbocycles. The van der Waals surface area contributed by atoms with Crippen LogP contribution in [-0.2, 0) is 0 Å². The van der Waals surface area contributed by atoms with E-state index in [0.29, 0.717) is 5.69 Å². The van der Waals surface area contributed by atoms with Gasteiger partial charge in [0.05, 0.1) is 26.9 Å². The topological polar surface area (TPSA) is 95.7 Å². The Bertz CT molecular complexity index is 1140. The summed E-state index contributed by atoms with van der Waals surface area (Å²) in [6.07, 6.45) is 0. The number of nitrogens with zero attached hydrogens (tertiary/aromatic N) is 2. The molecule has 0 radical (unpaired) electrons. The van der Waals surface area contributed by atoms with Gasteiger partial charge in [0.25, 0.3) is 5.69 Å². The van der Waals surface area contributed by atoms with Crippen LogP contribution in [0.5, 0.6) is 0 Å². The van der Waals surface area contributed by atoms with Crippen molar-refractivity contribution < 1.29 is 19.2 Å². The van der Waals surface area contributed by atoms with Crippen molar-refractivity contribution in [3.63, 3.8) is 0 Å². The molecule has 3 aromatic rings. The fraction of sp³-hybridized carbons (Fsp3) is 0.0500. The van der Waals surface area contributed by atoms with Crippen LogP contribution in [0.3, 0.4) is 0 Å². The van der Waals surface area contributed by atoms with Gasteiger partial charge in [0, 0.05) is 22.4 Å². The largest absolute Gasteiger partial charge is 0.478 e. The minimum absolute atomic E-state index is 0.244. The summed E-state index contributed by atoms with van der Waals surface area (Å²) in [5, 5.41) is 24.1. The number of rotatable bonds is 6. The number of hydrogen-bond donors (Lipinski definition) is 2. The van der Waals surface area contributed by atoms with Gasteiger partial charge in [-0.25, -0.2) is 9.18 Å². The molecule has 0 aromatic heterocycles. The standard InChI is InChI=1S/C20H14ClFIN3O4/c1-25(12-5-3-2-4-6-12)19-16(26(29)30)10-13(20(27)28)18(17(19)22)24-15-8-7-11(23)9-14(15)21/h2-10,24H,1H3,(H,27,28). The zero-order valence-corrected chi connectivity index (χ0v) is 18.3. The van der Waals surface area contributed by atoms with E-state index in [1.165, 1.54) is 11.9 Å². The summed E-state index contributed by atoms with van der Waals surface area (Å²) in [7, 11) is 1.46. The second-order valence-corrected chi connectivity index (χ2v) is 7.84. The monoisotopic (exact) mass is 541 g/mol. The number of carboxylic acids is 1. The number of nitrogens with one attached hydrogen (secondary N) is 1. The van der Waals surface area contributed by atoms with E-state index in [1.807, 2.05) is 22.6 Å². The minimum Gasteiger partial charge on any atom is -0.478 e. The summed E-state index contributed by atoms with van der Waals surface area (Å²) >= 11 is 8.23. The van der Waals surface area contributed by atoms with E-state index < -0.39 is 33.6 Å². The molecule has 2 N–H and O–H groups in total. The smallest absolute Gasteiger partial charge is 0.338 e. The van der Waals surface area contributed by atoms with Crippen molar-refractivity contribution in [3.8, 4) is 0 Å². The van der Waals surface area contributed by atoms with E-state index in [1.54, 1.807) is 48.5 Å². The second-order valence-electron chi connectivity index (χ2n) is 6.19. The molecule has 0 aliphatic heterocycles. The Kier molecular flexibility index (Phi) is 6.42. The number of aromatic carboxylic acids is 1.